The minimum Gasteiger partial charge on any atom is -0.448 e. The van der Waals surface area contributed by atoms with Crippen molar-refractivity contribution >= 4 is 29.3 Å². The predicted molar refractivity (Wildman–Crippen MR) is 60.5 cm³/mol. The van der Waals surface area contributed by atoms with Crippen LogP contribution in [0.25, 0.3) is 11.0 Å². The number of H-pyrrole nitrogens is 1. The van der Waals surface area contributed by atoms with E-state index in [4.69, 9.17) is 18.0 Å². The van der Waals surface area contributed by atoms with Gasteiger partial charge in [0.05, 0.1) is 23.8 Å². The maximum Gasteiger partial charge on any atom is 0.404 e. The highest BCUT2D eigenvalue weighted by atomic mass is 32.1. The number of nitrogens with zero attached hydrogens (tertiary/aromatic N) is 2. The smallest absolute Gasteiger partial charge is 0.404 e. The average molecular weight is 238 g/mol. The molecule has 2 heterocycles. The highest BCUT2D eigenvalue weighted by molar-refractivity contribution is 7.71. The summed E-state index contributed by atoms with van der Waals surface area (Å²) in [5, 5.41) is 0. The second kappa shape index (κ2) is 4.31. The highest BCUT2D eigenvalue weighted by Gasteiger charge is 2.04. The number of carbonyl (C=O) groups excluding carboxylic acids is 1. The van der Waals surface area contributed by atoms with E-state index in [1.807, 2.05) is 10.6 Å². The molecule has 0 bridgehead atoms. The van der Waals surface area contributed by atoms with Crippen molar-refractivity contribution in [3.63, 3.8) is 0 Å². The molecule has 0 radical (unpaired) electrons. The molecule has 0 aliphatic rings. The fourth-order valence-corrected chi connectivity index (χ4v) is 1.77. The number of hydrogen-bond acceptors (Lipinski definition) is 4. The van der Waals surface area contributed by atoms with Crippen molar-refractivity contribution in [3.05, 3.63) is 23.2 Å². The summed E-state index contributed by atoms with van der Waals surface area (Å²) >= 11 is 5.14. The van der Waals surface area contributed by atoms with Crippen LogP contribution in [0.3, 0.4) is 0 Å². The molecule has 16 heavy (non-hydrogen) atoms. The summed E-state index contributed by atoms with van der Waals surface area (Å²) in [6, 6.07) is 1.84. The maximum atomic E-state index is 10.4. The molecule has 0 fully saturated rings. The summed E-state index contributed by atoms with van der Waals surface area (Å²) in [6.07, 6.45) is 2.58. The molecule has 2 aromatic heterocycles. The number of nitrogens with one attached hydrogen (secondary N) is 1. The summed E-state index contributed by atoms with van der Waals surface area (Å²) < 4.78 is 7.06. The maximum absolute atomic E-state index is 10.4. The van der Waals surface area contributed by atoms with Crippen LogP contribution in [-0.2, 0) is 11.3 Å². The van der Waals surface area contributed by atoms with Gasteiger partial charge in [-0.3, -0.25) is 4.98 Å². The number of hydrogen-bond donors (Lipinski definition) is 2. The number of aromatic nitrogens is 3. The zero-order valence-electron chi connectivity index (χ0n) is 8.34. The molecule has 0 aromatic carbocycles. The number of primary amides is 1. The Hall–Kier alpha value is -1.89. The number of fused-ring (bicyclic) bond motifs is 1. The molecular formula is C9H10N4O2S. The molecule has 1 amide bonds. The first-order valence-electron chi connectivity index (χ1n) is 4.63. The van der Waals surface area contributed by atoms with Gasteiger partial charge in [0.15, 0.2) is 4.77 Å². The second-order valence-electron chi connectivity index (χ2n) is 3.14. The minimum atomic E-state index is -0.784. The van der Waals surface area contributed by atoms with Gasteiger partial charge in [-0.05, 0) is 18.3 Å². The summed E-state index contributed by atoms with van der Waals surface area (Å²) in [4.78, 5) is 17.4. The van der Waals surface area contributed by atoms with Crippen molar-refractivity contribution in [1.29, 1.82) is 0 Å². The molecule has 0 aliphatic carbocycles. The van der Waals surface area contributed by atoms with E-state index in [2.05, 4.69) is 14.7 Å². The SMILES string of the molecule is NC(=O)OCCn1c(=S)[nH]c2cnccc21. The van der Waals surface area contributed by atoms with Gasteiger partial charge in [0.2, 0.25) is 0 Å². The van der Waals surface area contributed by atoms with Crippen molar-refractivity contribution in [3.8, 4) is 0 Å². The topological polar surface area (TPSA) is 85.9 Å². The Morgan fingerprint density at radius 3 is 3.25 bits per heavy atom. The largest absolute Gasteiger partial charge is 0.448 e. The van der Waals surface area contributed by atoms with E-state index in [-0.39, 0.29) is 6.61 Å². The van der Waals surface area contributed by atoms with Gasteiger partial charge in [0.1, 0.15) is 6.61 Å². The van der Waals surface area contributed by atoms with Gasteiger partial charge in [-0.2, -0.15) is 0 Å². The normalized spacial score (nSPS) is 10.5. The molecular weight excluding hydrogens is 228 g/mol. The van der Waals surface area contributed by atoms with E-state index in [1.165, 1.54) is 0 Å². The monoisotopic (exact) mass is 238 g/mol. The fourth-order valence-electron chi connectivity index (χ4n) is 1.47. The Balaban J connectivity index is 2.26. The second-order valence-corrected chi connectivity index (χ2v) is 3.53. The van der Waals surface area contributed by atoms with E-state index >= 15 is 0 Å². The van der Waals surface area contributed by atoms with Gasteiger partial charge in [-0.1, -0.05) is 0 Å². The molecule has 6 nitrogen and oxygen atoms in total. The first-order chi connectivity index (χ1) is 7.68. The molecule has 0 atom stereocenters. The van der Waals surface area contributed by atoms with Crippen LogP contribution in [0.2, 0.25) is 0 Å². The fraction of sp³-hybridized carbons (Fsp3) is 0.222. The van der Waals surface area contributed by atoms with Crippen molar-refractivity contribution in [2.75, 3.05) is 6.61 Å². The third-order valence-electron chi connectivity index (χ3n) is 2.13. The highest BCUT2D eigenvalue weighted by Crippen LogP contribution is 2.11. The summed E-state index contributed by atoms with van der Waals surface area (Å²) in [6.45, 7) is 0.657. The van der Waals surface area contributed by atoms with E-state index in [9.17, 15) is 4.79 Å². The van der Waals surface area contributed by atoms with Gasteiger partial charge in [-0.25, -0.2) is 4.79 Å². The lowest BCUT2D eigenvalue weighted by Gasteiger charge is -2.03. The Labute approximate surface area is 96.0 Å². The van der Waals surface area contributed by atoms with E-state index in [1.54, 1.807) is 12.4 Å². The van der Waals surface area contributed by atoms with Gasteiger partial charge >= 0.3 is 6.09 Å². The van der Waals surface area contributed by atoms with Crippen LogP contribution in [0.4, 0.5) is 4.79 Å². The molecule has 2 aromatic rings. The number of pyridine rings is 1. The number of amides is 1. The van der Waals surface area contributed by atoms with Crippen LogP contribution < -0.4 is 5.73 Å². The molecule has 3 N–H and O–H groups in total. The quantitative estimate of drug-likeness (QED) is 0.786. The van der Waals surface area contributed by atoms with Crippen molar-refractivity contribution in [2.24, 2.45) is 5.73 Å². The van der Waals surface area contributed by atoms with Gasteiger partial charge < -0.3 is 20.0 Å². The van der Waals surface area contributed by atoms with E-state index in [0.29, 0.717) is 11.3 Å². The third-order valence-corrected chi connectivity index (χ3v) is 2.46. The molecule has 0 saturated carbocycles. The third kappa shape index (κ3) is 2.03. The van der Waals surface area contributed by atoms with Crippen molar-refractivity contribution < 1.29 is 9.53 Å². The summed E-state index contributed by atoms with van der Waals surface area (Å²) in [5.74, 6) is 0. The summed E-state index contributed by atoms with van der Waals surface area (Å²) in [7, 11) is 0. The lowest BCUT2D eigenvalue weighted by Crippen LogP contribution is -2.16. The lowest BCUT2D eigenvalue weighted by atomic mass is 10.4. The molecule has 0 aliphatic heterocycles. The van der Waals surface area contributed by atoms with E-state index < -0.39 is 6.09 Å². The van der Waals surface area contributed by atoms with Gasteiger partial charge in [-0.15, -0.1) is 0 Å². The first-order valence-corrected chi connectivity index (χ1v) is 5.04. The average Bonchev–Trinajstić information content (AvgIpc) is 2.55. The molecule has 2 rings (SSSR count). The van der Waals surface area contributed by atoms with Crippen LogP contribution in [0.5, 0.6) is 0 Å². The van der Waals surface area contributed by atoms with Gasteiger partial charge in [0, 0.05) is 6.20 Å². The molecule has 84 valence electrons. The Morgan fingerprint density at radius 1 is 1.69 bits per heavy atom. The predicted octanol–water partition coefficient (Wildman–Crippen LogP) is 1.19. The zero-order chi connectivity index (χ0) is 11.5. The molecule has 0 spiro atoms. The number of aromatic amines is 1. The van der Waals surface area contributed by atoms with Crippen LogP contribution in [0.1, 0.15) is 0 Å². The lowest BCUT2D eigenvalue weighted by molar-refractivity contribution is 0.152. The van der Waals surface area contributed by atoms with E-state index in [0.717, 1.165) is 11.0 Å². The summed E-state index contributed by atoms with van der Waals surface area (Å²) in [5.41, 5.74) is 6.65. The number of ether oxygens (including phenoxy) is 1. The molecule has 0 saturated heterocycles. The van der Waals surface area contributed by atoms with Crippen LogP contribution in [0, 0.1) is 4.77 Å². The van der Waals surface area contributed by atoms with Crippen LogP contribution in [-0.4, -0.2) is 27.2 Å². The molecule has 7 heteroatoms. The Bertz CT molecular complexity index is 574. The first kappa shape index (κ1) is 10.6. The Morgan fingerprint density at radius 2 is 2.50 bits per heavy atom. The van der Waals surface area contributed by atoms with Crippen LogP contribution >= 0.6 is 12.2 Å². The van der Waals surface area contributed by atoms with Crippen molar-refractivity contribution in [2.45, 2.75) is 6.54 Å². The van der Waals surface area contributed by atoms with Gasteiger partial charge in [0.25, 0.3) is 0 Å². The number of rotatable bonds is 3. The van der Waals surface area contributed by atoms with Crippen LogP contribution in [0.15, 0.2) is 18.5 Å². The molecule has 0 unspecified atom stereocenters. The number of imidazole rings is 1. The number of nitrogens with two attached hydrogens (primary N) is 1. The number of carbonyl (C=O) groups is 1. The standard InChI is InChI=1S/C9H10N4O2S/c10-8(14)15-4-3-13-7-1-2-11-5-6(7)12-9(13)16/h1-2,5H,3-4H2,(H2,10,14)(H,12,16). The minimum absolute atomic E-state index is 0.193. The zero-order valence-corrected chi connectivity index (χ0v) is 9.16. The van der Waals surface area contributed by atoms with Crippen molar-refractivity contribution in [1.82, 2.24) is 14.5 Å². The Kier molecular flexibility index (Phi) is 2.86.